The van der Waals surface area contributed by atoms with Crippen LogP contribution in [0.2, 0.25) is 5.02 Å². The molecule has 5 nitrogen and oxygen atoms in total. The van der Waals surface area contributed by atoms with Gasteiger partial charge in [0.2, 0.25) is 0 Å². The van der Waals surface area contributed by atoms with Gasteiger partial charge in [0.1, 0.15) is 6.54 Å². The first-order valence-electron chi connectivity index (χ1n) is 6.20. The fraction of sp³-hybridized carbons (Fsp3) is 0.385. The predicted molar refractivity (Wildman–Crippen MR) is 72.0 cm³/mol. The largest absolute Gasteiger partial charge is 0.336 e. The van der Waals surface area contributed by atoms with Gasteiger partial charge in [0.25, 0.3) is 5.91 Å². The number of quaternary nitrogens is 1. The Morgan fingerprint density at radius 2 is 2.11 bits per heavy atom. The van der Waals surface area contributed by atoms with Crippen molar-refractivity contribution in [1.29, 1.82) is 0 Å². The quantitative estimate of drug-likeness (QED) is 0.811. The molecule has 0 saturated carbocycles. The summed E-state index contributed by atoms with van der Waals surface area (Å²) in [6.45, 7) is 2.03. The van der Waals surface area contributed by atoms with E-state index in [0.717, 1.165) is 17.0 Å². The lowest BCUT2D eigenvalue weighted by Gasteiger charge is -2.17. The topological polar surface area (TPSA) is 53.9 Å². The molecule has 0 aromatic heterocycles. The summed E-state index contributed by atoms with van der Waals surface area (Å²) in [6, 6.07) is 7.27. The summed E-state index contributed by atoms with van der Waals surface area (Å²) in [6.07, 6.45) is 0. The fourth-order valence-corrected chi connectivity index (χ4v) is 2.20. The van der Waals surface area contributed by atoms with Crippen LogP contribution in [-0.2, 0) is 11.3 Å². The SMILES string of the molecule is C[NH+](CC(=O)N1CCNC1=O)Cc1ccc(Cl)cc1. The van der Waals surface area contributed by atoms with Crippen molar-refractivity contribution < 1.29 is 14.5 Å². The zero-order valence-corrected chi connectivity index (χ0v) is 11.5. The summed E-state index contributed by atoms with van der Waals surface area (Å²) in [5.41, 5.74) is 1.11. The number of likely N-dealkylation sites (N-methyl/N-ethyl adjacent to an activating group) is 1. The Bertz CT molecular complexity index is 475. The molecule has 0 radical (unpaired) electrons. The van der Waals surface area contributed by atoms with Crippen molar-refractivity contribution in [2.75, 3.05) is 26.7 Å². The van der Waals surface area contributed by atoms with Gasteiger partial charge in [-0.2, -0.15) is 0 Å². The minimum absolute atomic E-state index is 0.138. The number of hydrogen-bond donors (Lipinski definition) is 2. The molecule has 0 spiro atoms. The number of imide groups is 1. The molecule has 1 heterocycles. The lowest BCUT2D eigenvalue weighted by molar-refractivity contribution is -0.885. The molecule has 19 heavy (non-hydrogen) atoms. The minimum atomic E-state index is -0.288. The van der Waals surface area contributed by atoms with Crippen LogP contribution in [0.5, 0.6) is 0 Å². The first-order valence-corrected chi connectivity index (χ1v) is 6.58. The van der Waals surface area contributed by atoms with Gasteiger partial charge < -0.3 is 10.2 Å². The van der Waals surface area contributed by atoms with E-state index in [2.05, 4.69) is 5.32 Å². The highest BCUT2D eigenvalue weighted by Gasteiger charge is 2.27. The molecule has 1 saturated heterocycles. The second kappa shape index (κ2) is 6.04. The zero-order chi connectivity index (χ0) is 13.8. The van der Waals surface area contributed by atoms with E-state index in [0.29, 0.717) is 24.7 Å². The van der Waals surface area contributed by atoms with Crippen LogP contribution in [0, 0.1) is 0 Å². The summed E-state index contributed by atoms with van der Waals surface area (Å²) in [5, 5.41) is 3.32. The van der Waals surface area contributed by atoms with Crippen molar-refractivity contribution in [3.05, 3.63) is 34.9 Å². The van der Waals surface area contributed by atoms with Gasteiger partial charge in [-0.05, 0) is 12.1 Å². The van der Waals surface area contributed by atoms with E-state index in [1.807, 2.05) is 31.3 Å². The van der Waals surface area contributed by atoms with Gasteiger partial charge in [-0.25, -0.2) is 4.79 Å². The van der Waals surface area contributed by atoms with Gasteiger partial charge >= 0.3 is 6.03 Å². The number of rotatable bonds is 4. The molecule has 6 heteroatoms. The highest BCUT2D eigenvalue weighted by atomic mass is 35.5. The van der Waals surface area contributed by atoms with Crippen LogP contribution >= 0.6 is 11.6 Å². The average molecular weight is 283 g/mol. The second-order valence-corrected chi connectivity index (χ2v) is 5.15. The Labute approximate surface area is 117 Å². The maximum absolute atomic E-state index is 11.9. The summed E-state index contributed by atoms with van der Waals surface area (Å²) >= 11 is 5.82. The third kappa shape index (κ3) is 3.68. The van der Waals surface area contributed by atoms with Gasteiger partial charge in [0.05, 0.1) is 7.05 Å². The number of halogens is 1. The van der Waals surface area contributed by atoms with Crippen molar-refractivity contribution >= 4 is 23.5 Å². The molecule has 1 aliphatic rings. The third-order valence-corrected chi connectivity index (χ3v) is 3.28. The number of carbonyl (C=O) groups excluding carboxylic acids is 2. The zero-order valence-electron chi connectivity index (χ0n) is 10.8. The van der Waals surface area contributed by atoms with Gasteiger partial charge in [-0.3, -0.25) is 9.69 Å². The number of nitrogens with one attached hydrogen (secondary N) is 2. The van der Waals surface area contributed by atoms with Crippen molar-refractivity contribution in [1.82, 2.24) is 10.2 Å². The van der Waals surface area contributed by atoms with Crippen LogP contribution in [0.25, 0.3) is 0 Å². The molecule has 0 bridgehead atoms. The van der Waals surface area contributed by atoms with E-state index in [1.54, 1.807) is 0 Å². The minimum Gasteiger partial charge on any atom is -0.336 e. The van der Waals surface area contributed by atoms with Crippen molar-refractivity contribution in [3.63, 3.8) is 0 Å². The van der Waals surface area contributed by atoms with E-state index >= 15 is 0 Å². The number of amides is 3. The molecule has 1 atom stereocenters. The summed E-state index contributed by atoms with van der Waals surface area (Å²) in [4.78, 5) is 25.6. The maximum Gasteiger partial charge on any atom is 0.324 e. The smallest absolute Gasteiger partial charge is 0.324 e. The lowest BCUT2D eigenvalue weighted by Crippen LogP contribution is -3.08. The molecule has 3 amide bonds. The molecule has 2 N–H and O–H groups in total. The molecule has 1 aromatic rings. The molecular formula is C13H17ClN3O2+. The van der Waals surface area contributed by atoms with E-state index < -0.39 is 0 Å². The van der Waals surface area contributed by atoms with Crippen LogP contribution < -0.4 is 10.2 Å². The van der Waals surface area contributed by atoms with Gasteiger partial charge in [-0.15, -0.1) is 0 Å². The second-order valence-electron chi connectivity index (χ2n) is 4.71. The normalized spacial score (nSPS) is 16.3. The standard InChI is InChI=1S/C13H16ClN3O2/c1-16(8-10-2-4-11(14)5-3-10)9-12(18)17-7-6-15-13(17)19/h2-5H,6-9H2,1H3,(H,15,19)/p+1. The van der Waals surface area contributed by atoms with E-state index in [1.165, 1.54) is 4.90 Å². The first-order chi connectivity index (χ1) is 9.06. The molecule has 1 aliphatic heterocycles. The first kappa shape index (κ1) is 13.8. The fourth-order valence-electron chi connectivity index (χ4n) is 2.08. The number of carbonyl (C=O) groups is 2. The van der Waals surface area contributed by atoms with E-state index in [9.17, 15) is 9.59 Å². The van der Waals surface area contributed by atoms with Crippen LogP contribution in [0.1, 0.15) is 5.56 Å². The highest BCUT2D eigenvalue weighted by Crippen LogP contribution is 2.08. The maximum atomic E-state index is 11.9. The number of hydrogen-bond acceptors (Lipinski definition) is 2. The van der Waals surface area contributed by atoms with Gasteiger partial charge in [0.15, 0.2) is 6.54 Å². The van der Waals surface area contributed by atoms with Gasteiger partial charge in [-0.1, -0.05) is 23.7 Å². The average Bonchev–Trinajstić information content (AvgIpc) is 2.78. The summed E-state index contributed by atoms with van der Waals surface area (Å²) in [7, 11) is 1.93. The summed E-state index contributed by atoms with van der Waals surface area (Å²) in [5.74, 6) is -0.138. The molecule has 0 aliphatic carbocycles. The van der Waals surface area contributed by atoms with Crippen LogP contribution in [0.15, 0.2) is 24.3 Å². The van der Waals surface area contributed by atoms with Crippen LogP contribution in [-0.4, -0.2) is 43.5 Å². The Balaban J connectivity index is 1.87. The Hall–Kier alpha value is -1.59. The molecule has 1 fully saturated rings. The molecule has 102 valence electrons. The molecule has 1 unspecified atom stereocenters. The monoisotopic (exact) mass is 282 g/mol. The number of nitrogens with zero attached hydrogens (tertiary/aromatic N) is 1. The van der Waals surface area contributed by atoms with Crippen LogP contribution in [0.4, 0.5) is 4.79 Å². The predicted octanol–water partition coefficient (Wildman–Crippen LogP) is -0.0935. The van der Waals surface area contributed by atoms with E-state index in [-0.39, 0.29) is 11.9 Å². The van der Waals surface area contributed by atoms with Gasteiger partial charge in [0, 0.05) is 23.7 Å². The Morgan fingerprint density at radius 1 is 1.42 bits per heavy atom. The van der Waals surface area contributed by atoms with Crippen molar-refractivity contribution in [3.8, 4) is 0 Å². The lowest BCUT2D eigenvalue weighted by atomic mass is 10.2. The van der Waals surface area contributed by atoms with Crippen molar-refractivity contribution in [2.45, 2.75) is 6.54 Å². The molecular weight excluding hydrogens is 266 g/mol. The van der Waals surface area contributed by atoms with Crippen LogP contribution in [0.3, 0.4) is 0 Å². The number of benzene rings is 1. The van der Waals surface area contributed by atoms with Crippen molar-refractivity contribution in [2.24, 2.45) is 0 Å². The molecule has 1 aromatic carbocycles. The summed E-state index contributed by atoms with van der Waals surface area (Å²) < 4.78 is 0. The van der Waals surface area contributed by atoms with E-state index in [4.69, 9.17) is 11.6 Å². The molecule has 2 rings (SSSR count). The highest BCUT2D eigenvalue weighted by molar-refractivity contribution is 6.30. The Kier molecular flexibility index (Phi) is 4.39. The Morgan fingerprint density at radius 3 is 2.68 bits per heavy atom. The third-order valence-electron chi connectivity index (χ3n) is 3.03. The number of urea groups is 1.